The molecule has 0 aliphatic heterocycles. The number of rotatable bonds is 1. The standard InChI is InChI=1S/C8H5NO3/c10-8(11)5-1-2-6-4-12-9-7(6)3-5/h1-4H,(H,10,11). The molecule has 0 aliphatic rings. The van der Waals surface area contributed by atoms with E-state index >= 15 is 0 Å². The van der Waals surface area contributed by atoms with Gasteiger partial charge in [-0.3, -0.25) is 0 Å². The van der Waals surface area contributed by atoms with E-state index in [1.165, 1.54) is 18.4 Å². The summed E-state index contributed by atoms with van der Waals surface area (Å²) in [5.41, 5.74) is 0.784. The van der Waals surface area contributed by atoms with Crippen molar-refractivity contribution in [2.75, 3.05) is 0 Å². The zero-order chi connectivity index (χ0) is 8.55. The topological polar surface area (TPSA) is 63.3 Å². The summed E-state index contributed by atoms with van der Waals surface area (Å²) in [6, 6.07) is 4.65. The van der Waals surface area contributed by atoms with Crippen LogP contribution in [-0.2, 0) is 0 Å². The van der Waals surface area contributed by atoms with Gasteiger partial charge in [0, 0.05) is 5.39 Å². The molecule has 0 radical (unpaired) electrons. The highest BCUT2D eigenvalue weighted by molar-refractivity contribution is 5.92. The first-order valence-corrected chi connectivity index (χ1v) is 3.35. The minimum atomic E-state index is -0.958. The summed E-state index contributed by atoms with van der Waals surface area (Å²) in [6.07, 6.45) is 1.47. The van der Waals surface area contributed by atoms with Crippen molar-refractivity contribution >= 4 is 16.9 Å². The number of aromatic carboxylic acids is 1. The first-order valence-electron chi connectivity index (χ1n) is 3.35. The van der Waals surface area contributed by atoms with Crippen LogP contribution in [0.25, 0.3) is 10.9 Å². The number of carbonyl (C=O) groups is 1. The molecule has 0 amide bonds. The van der Waals surface area contributed by atoms with E-state index in [0.717, 1.165) is 5.39 Å². The Bertz CT molecular complexity index is 433. The molecule has 1 N–H and O–H groups in total. The lowest BCUT2D eigenvalue weighted by Gasteiger charge is -1.90. The highest BCUT2D eigenvalue weighted by Gasteiger charge is 2.04. The van der Waals surface area contributed by atoms with Gasteiger partial charge in [-0.1, -0.05) is 5.16 Å². The molecule has 0 saturated heterocycles. The molecule has 1 aromatic carbocycles. The Labute approximate surface area is 67.4 Å². The summed E-state index contributed by atoms with van der Waals surface area (Å²) >= 11 is 0. The number of nitrogens with zero attached hydrogens (tertiary/aromatic N) is 1. The van der Waals surface area contributed by atoms with Crippen molar-refractivity contribution in [2.45, 2.75) is 0 Å². The number of carboxylic acid groups (broad SMARTS) is 1. The van der Waals surface area contributed by atoms with Crippen LogP contribution >= 0.6 is 0 Å². The molecule has 4 heteroatoms. The molecule has 1 aromatic heterocycles. The van der Waals surface area contributed by atoms with Gasteiger partial charge in [-0.2, -0.15) is 0 Å². The number of hydrogen-bond donors (Lipinski definition) is 1. The van der Waals surface area contributed by atoms with Crippen LogP contribution in [0.1, 0.15) is 10.4 Å². The number of hydrogen-bond acceptors (Lipinski definition) is 3. The molecule has 1 heterocycles. The molecule has 4 nitrogen and oxygen atoms in total. The predicted molar refractivity (Wildman–Crippen MR) is 41.0 cm³/mol. The van der Waals surface area contributed by atoms with Gasteiger partial charge >= 0.3 is 5.97 Å². The Kier molecular flexibility index (Phi) is 1.33. The highest BCUT2D eigenvalue weighted by Crippen LogP contribution is 2.13. The van der Waals surface area contributed by atoms with Crippen molar-refractivity contribution in [3.8, 4) is 0 Å². The second-order valence-electron chi connectivity index (χ2n) is 2.39. The molecule has 0 atom stereocenters. The van der Waals surface area contributed by atoms with E-state index in [9.17, 15) is 4.79 Å². The molecule has 0 fully saturated rings. The zero-order valence-electron chi connectivity index (χ0n) is 6.02. The van der Waals surface area contributed by atoms with Gasteiger partial charge in [0.15, 0.2) is 0 Å². The van der Waals surface area contributed by atoms with Crippen LogP contribution in [0.15, 0.2) is 29.0 Å². The number of fused-ring (bicyclic) bond motifs is 1. The van der Waals surface area contributed by atoms with Crippen LogP contribution in [-0.4, -0.2) is 16.2 Å². The minimum absolute atomic E-state index is 0.219. The second kappa shape index (κ2) is 2.34. The Morgan fingerprint density at radius 2 is 2.33 bits per heavy atom. The van der Waals surface area contributed by atoms with E-state index in [1.807, 2.05) is 0 Å². The molecular weight excluding hydrogens is 158 g/mol. The van der Waals surface area contributed by atoms with Gasteiger partial charge in [0.1, 0.15) is 11.8 Å². The van der Waals surface area contributed by atoms with Crippen molar-refractivity contribution in [1.29, 1.82) is 0 Å². The van der Waals surface area contributed by atoms with Crippen LogP contribution < -0.4 is 0 Å². The summed E-state index contributed by atoms with van der Waals surface area (Å²) < 4.78 is 4.66. The average Bonchev–Trinajstić information content (AvgIpc) is 2.49. The highest BCUT2D eigenvalue weighted by atomic mass is 16.5. The first kappa shape index (κ1) is 6.84. The van der Waals surface area contributed by atoms with Crippen LogP contribution in [0.4, 0.5) is 0 Å². The van der Waals surface area contributed by atoms with Crippen LogP contribution in [0.5, 0.6) is 0 Å². The summed E-state index contributed by atoms with van der Waals surface area (Å²) in [6.45, 7) is 0. The van der Waals surface area contributed by atoms with Gasteiger partial charge in [0.25, 0.3) is 0 Å². The molecule has 0 aliphatic carbocycles. The molecule has 2 aromatic rings. The molecule has 2 rings (SSSR count). The van der Waals surface area contributed by atoms with Crippen molar-refractivity contribution in [1.82, 2.24) is 5.16 Å². The maximum Gasteiger partial charge on any atom is 0.335 e. The van der Waals surface area contributed by atoms with E-state index in [2.05, 4.69) is 9.68 Å². The quantitative estimate of drug-likeness (QED) is 0.692. The summed E-state index contributed by atoms with van der Waals surface area (Å²) in [5, 5.41) is 13.1. The van der Waals surface area contributed by atoms with Gasteiger partial charge in [0.2, 0.25) is 0 Å². The Balaban J connectivity index is 2.68. The third-order valence-corrected chi connectivity index (χ3v) is 1.61. The average molecular weight is 163 g/mol. The largest absolute Gasteiger partial charge is 0.478 e. The number of benzene rings is 1. The van der Waals surface area contributed by atoms with Gasteiger partial charge < -0.3 is 9.63 Å². The lowest BCUT2D eigenvalue weighted by atomic mass is 10.2. The number of carboxylic acids is 1. The van der Waals surface area contributed by atoms with Crippen LogP contribution in [0.2, 0.25) is 0 Å². The third-order valence-electron chi connectivity index (χ3n) is 1.61. The molecular formula is C8H5NO3. The van der Waals surface area contributed by atoms with E-state index in [0.29, 0.717) is 5.52 Å². The first-order chi connectivity index (χ1) is 5.77. The fourth-order valence-electron chi connectivity index (χ4n) is 0.995. The summed E-state index contributed by atoms with van der Waals surface area (Å²) in [4.78, 5) is 10.5. The lowest BCUT2D eigenvalue weighted by molar-refractivity contribution is 0.0697. The Morgan fingerprint density at radius 1 is 1.50 bits per heavy atom. The fourth-order valence-corrected chi connectivity index (χ4v) is 0.995. The van der Waals surface area contributed by atoms with Gasteiger partial charge in [0.05, 0.1) is 5.56 Å². The maximum absolute atomic E-state index is 10.5. The van der Waals surface area contributed by atoms with E-state index < -0.39 is 5.97 Å². The van der Waals surface area contributed by atoms with Gasteiger partial charge in [-0.25, -0.2) is 4.79 Å². The summed E-state index contributed by atoms with van der Waals surface area (Å²) in [5.74, 6) is -0.958. The molecule has 0 unspecified atom stereocenters. The van der Waals surface area contributed by atoms with E-state index in [1.54, 1.807) is 6.07 Å². The van der Waals surface area contributed by atoms with Crippen molar-refractivity contribution in [3.63, 3.8) is 0 Å². The van der Waals surface area contributed by atoms with E-state index in [4.69, 9.17) is 5.11 Å². The second-order valence-corrected chi connectivity index (χ2v) is 2.39. The molecule has 0 spiro atoms. The normalized spacial score (nSPS) is 10.3. The van der Waals surface area contributed by atoms with Crippen molar-refractivity contribution < 1.29 is 14.4 Å². The van der Waals surface area contributed by atoms with Crippen molar-refractivity contribution in [2.24, 2.45) is 0 Å². The van der Waals surface area contributed by atoms with Gasteiger partial charge in [-0.15, -0.1) is 0 Å². The summed E-state index contributed by atoms with van der Waals surface area (Å²) in [7, 11) is 0. The fraction of sp³-hybridized carbons (Fsp3) is 0. The molecule has 0 bridgehead atoms. The van der Waals surface area contributed by atoms with Crippen molar-refractivity contribution in [3.05, 3.63) is 30.0 Å². The zero-order valence-corrected chi connectivity index (χ0v) is 6.02. The third kappa shape index (κ3) is 0.934. The Hall–Kier alpha value is -1.84. The minimum Gasteiger partial charge on any atom is -0.478 e. The molecule has 12 heavy (non-hydrogen) atoms. The maximum atomic E-state index is 10.5. The molecule has 60 valence electrons. The predicted octanol–water partition coefficient (Wildman–Crippen LogP) is 1.53. The van der Waals surface area contributed by atoms with E-state index in [-0.39, 0.29) is 5.56 Å². The SMILES string of the molecule is O=C(O)c1ccc2conc2c1. The van der Waals surface area contributed by atoms with Crippen LogP contribution in [0, 0.1) is 0 Å². The van der Waals surface area contributed by atoms with Crippen LogP contribution in [0.3, 0.4) is 0 Å². The van der Waals surface area contributed by atoms with Gasteiger partial charge in [-0.05, 0) is 18.2 Å². The monoisotopic (exact) mass is 163 g/mol. The Morgan fingerprint density at radius 3 is 3.08 bits per heavy atom. The lowest BCUT2D eigenvalue weighted by Crippen LogP contribution is -1.94. The smallest absolute Gasteiger partial charge is 0.335 e. The molecule has 0 saturated carbocycles. The number of aromatic nitrogens is 1.